The Bertz CT molecular complexity index is 1230. The number of hydrogen-bond acceptors (Lipinski definition) is 5. The lowest BCUT2D eigenvalue weighted by atomic mass is 9.97. The zero-order chi connectivity index (χ0) is 21.5. The van der Waals surface area contributed by atoms with Crippen LogP contribution in [0.3, 0.4) is 0 Å². The van der Waals surface area contributed by atoms with Crippen LogP contribution in [0.4, 0.5) is 5.69 Å². The zero-order valence-electron chi connectivity index (χ0n) is 16.9. The molecule has 5 rings (SSSR count). The maximum Gasteiger partial charge on any atom is 0.300 e. The van der Waals surface area contributed by atoms with Crippen LogP contribution in [0.2, 0.25) is 0 Å². The third-order valence-electron chi connectivity index (χ3n) is 5.66. The second-order valence-corrected chi connectivity index (χ2v) is 7.68. The minimum absolute atomic E-state index is 0.0315. The van der Waals surface area contributed by atoms with Crippen LogP contribution in [-0.4, -0.2) is 28.4 Å². The van der Waals surface area contributed by atoms with Crippen LogP contribution >= 0.6 is 0 Å². The molecule has 3 heterocycles. The predicted octanol–water partition coefficient (Wildman–Crippen LogP) is 3.95. The Morgan fingerprint density at radius 3 is 2.74 bits per heavy atom. The number of aliphatic hydroxyl groups is 1. The number of rotatable bonds is 3. The van der Waals surface area contributed by atoms with E-state index in [-0.39, 0.29) is 11.3 Å². The Morgan fingerprint density at radius 1 is 1.10 bits per heavy atom. The molecule has 2 aliphatic heterocycles. The van der Waals surface area contributed by atoms with Gasteiger partial charge in [0.05, 0.1) is 17.9 Å². The van der Waals surface area contributed by atoms with Crippen molar-refractivity contribution >= 4 is 23.1 Å². The number of aromatic nitrogens is 1. The second kappa shape index (κ2) is 7.40. The summed E-state index contributed by atoms with van der Waals surface area (Å²) in [6.45, 7) is 2.51. The number of benzene rings is 2. The van der Waals surface area contributed by atoms with E-state index in [0.29, 0.717) is 23.6 Å². The van der Waals surface area contributed by atoms with Crippen molar-refractivity contribution in [1.82, 2.24) is 4.98 Å². The molecule has 0 spiro atoms. The molecule has 2 aliphatic rings. The summed E-state index contributed by atoms with van der Waals surface area (Å²) in [6.07, 6.45) is 2.34. The lowest BCUT2D eigenvalue weighted by Crippen LogP contribution is -2.29. The molecule has 1 unspecified atom stereocenters. The molecule has 1 N–H and O–H groups in total. The van der Waals surface area contributed by atoms with Gasteiger partial charge >= 0.3 is 0 Å². The van der Waals surface area contributed by atoms with Crippen molar-refractivity contribution in [2.45, 2.75) is 19.4 Å². The van der Waals surface area contributed by atoms with E-state index >= 15 is 0 Å². The summed E-state index contributed by atoms with van der Waals surface area (Å²) < 4.78 is 5.54. The van der Waals surface area contributed by atoms with Crippen LogP contribution < -0.4 is 9.64 Å². The van der Waals surface area contributed by atoms with Crippen LogP contribution in [0, 0.1) is 6.92 Å². The molecule has 6 nitrogen and oxygen atoms in total. The minimum atomic E-state index is -0.826. The van der Waals surface area contributed by atoms with E-state index in [4.69, 9.17) is 4.74 Å². The molecule has 1 atom stereocenters. The summed E-state index contributed by atoms with van der Waals surface area (Å²) in [5.74, 6) is -0.851. The molecule has 0 radical (unpaired) electrons. The average molecular weight is 412 g/mol. The normalized spacial score (nSPS) is 19.4. The standard InChI is InChI=1S/C25H20N2O4/c1-15-5-4-6-18(13-15)27-22(19-7-2-3-11-26-19)21(24(29)25(27)30)23(28)17-8-9-20-16(14-17)10-12-31-20/h2-9,11,13-14,22,28H,10,12H2,1H3/b23-21-. The van der Waals surface area contributed by atoms with Crippen molar-refractivity contribution in [2.24, 2.45) is 0 Å². The van der Waals surface area contributed by atoms with E-state index in [2.05, 4.69) is 4.98 Å². The number of nitrogens with zero attached hydrogens (tertiary/aromatic N) is 2. The summed E-state index contributed by atoms with van der Waals surface area (Å²) in [5, 5.41) is 11.2. The minimum Gasteiger partial charge on any atom is -0.507 e. The average Bonchev–Trinajstić information content (AvgIpc) is 3.36. The van der Waals surface area contributed by atoms with Gasteiger partial charge in [-0.15, -0.1) is 0 Å². The number of hydrogen-bond donors (Lipinski definition) is 1. The van der Waals surface area contributed by atoms with Crippen LogP contribution in [0.15, 0.2) is 72.4 Å². The first-order valence-corrected chi connectivity index (χ1v) is 10.1. The highest BCUT2D eigenvalue weighted by molar-refractivity contribution is 6.51. The molecule has 0 aliphatic carbocycles. The summed E-state index contributed by atoms with van der Waals surface area (Å²) in [7, 11) is 0. The van der Waals surface area contributed by atoms with E-state index in [0.717, 1.165) is 23.3 Å². The third kappa shape index (κ3) is 3.17. The molecule has 1 amide bonds. The van der Waals surface area contributed by atoms with Crippen molar-refractivity contribution in [3.63, 3.8) is 0 Å². The van der Waals surface area contributed by atoms with Crippen molar-refractivity contribution in [3.05, 3.63) is 94.8 Å². The lowest BCUT2D eigenvalue weighted by molar-refractivity contribution is -0.132. The Hall–Kier alpha value is -3.93. The molecule has 154 valence electrons. The van der Waals surface area contributed by atoms with Gasteiger partial charge < -0.3 is 9.84 Å². The van der Waals surface area contributed by atoms with Gasteiger partial charge in [-0.05, 0) is 60.5 Å². The van der Waals surface area contributed by atoms with Crippen LogP contribution in [-0.2, 0) is 16.0 Å². The number of ether oxygens (including phenoxy) is 1. The van der Waals surface area contributed by atoms with Crippen molar-refractivity contribution in [2.75, 3.05) is 11.5 Å². The van der Waals surface area contributed by atoms with Crippen LogP contribution in [0.1, 0.15) is 28.4 Å². The second-order valence-electron chi connectivity index (χ2n) is 7.68. The molecule has 6 heteroatoms. The first-order chi connectivity index (χ1) is 15.0. The van der Waals surface area contributed by atoms with Crippen molar-refractivity contribution in [1.29, 1.82) is 0 Å². The Kier molecular flexibility index (Phi) is 4.55. The van der Waals surface area contributed by atoms with Gasteiger partial charge in [0.1, 0.15) is 17.6 Å². The molecule has 1 aromatic heterocycles. The van der Waals surface area contributed by atoms with Gasteiger partial charge in [0.25, 0.3) is 11.7 Å². The quantitative estimate of drug-likeness (QED) is 0.400. The number of amides is 1. The molecule has 0 saturated carbocycles. The van der Waals surface area contributed by atoms with Gasteiger partial charge in [0.2, 0.25) is 0 Å². The van der Waals surface area contributed by atoms with Gasteiger partial charge in [0, 0.05) is 23.9 Å². The highest BCUT2D eigenvalue weighted by atomic mass is 16.5. The van der Waals surface area contributed by atoms with E-state index in [1.807, 2.05) is 31.2 Å². The topological polar surface area (TPSA) is 79.7 Å². The Balaban J connectivity index is 1.70. The summed E-state index contributed by atoms with van der Waals surface area (Å²) >= 11 is 0. The van der Waals surface area contributed by atoms with Gasteiger partial charge in [-0.2, -0.15) is 0 Å². The maximum absolute atomic E-state index is 13.1. The van der Waals surface area contributed by atoms with Crippen molar-refractivity contribution in [3.8, 4) is 5.75 Å². The number of carbonyl (C=O) groups excluding carboxylic acids is 2. The Morgan fingerprint density at radius 2 is 1.97 bits per heavy atom. The molecule has 1 fully saturated rings. The monoisotopic (exact) mass is 412 g/mol. The molecule has 1 saturated heterocycles. The fourth-order valence-electron chi connectivity index (χ4n) is 4.18. The van der Waals surface area contributed by atoms with Gasteiger partial charge in [0.15, 0.2) is 0 Å². The number of carbonyl (C=O) groups is 2. The van der Waals surface area contributed by atoms with E-state index in [9.17, 15) is 14.7 Å². The molecular formula is C25H20N2O4. The van der Waals surface area contributed by atoms with E-state index < -0.39 is 17.7 Å². The van der Waals surface area contributed by atoms with Crippen LogP contribution in [0.25, 0.3) is 5.76 Å². The van der Waals surface area contributed by atoms with Crippen molar-refractivity contribution < 1.29 is 19.4 Å². The molecular weight excluding hydrogens is 392 g/mol. The smallest absolute Gasteiger partial charge is 0.300 e. The number of aryl methyl sites for hydroxylation is 1. The molecule has 0 bridgehead atoms. The number of aliphatic hydroxyl groups excluding tert-OH is 1. The molecule has 2 aromatic carbocycles. The van der Waals surface area contributed by atoms with Crippen LogP contribution in [0.5, 0.6) is 5.75 Å². The third-order valence-corrected chi connectivity index (χ3v) is 5.66. The Labute approximate surface area is 179 Å². The van der Waals surface area contributed by atoms with E-state index in [1.54, 1.807) is 42.6 Å². The first kappa shape index (κ1) is 19.1. The zero-order valence-corrected chi connectivity index (χ0v) is 16.9. The predicted molar refractivity (Wildman–Crippen MR) is 116 cm³/mol. The summed E-state index contributed by atoms with van der Waals surface area (Å²) in [6, 6.07) is 17.2. The number of pyridine rings is 1. The van der Waals surface area contributed by atoms with E-state index in [1.165, 1.54) is 4.90 Å². The summed E-state index contributed by atoms with van der Waals surface area (Å²) in [5.41, 5.74) is 3.52. The summed E-state index contributed by atoms with van der Waals surface area (Å²) in [4.78, 5) is 32.1. The maximum atomic E-state index is 13.1. The first-order valence-electron chi connectivity index (χ1n) is 10.1. The van der Waals surface area contributed by atoms with Gasteiger partial charge in [-0.25, -0.2) is 0 Å². The largest absolute Gasteiger partial charge is 0.507 e. The fourth-order valence-corrected chi connectivity index (χ4v) is 4.18. The number of fused-ring (bicyclic) bond motifs is 1. The molecule has 3 aromatic rings. The van der Waals surface area contributed by atoms with Gasteiger partial charge in [-0.1, -0.05) is 18.2 Å². The number of ketones is 1. The van der Waals surface area contributed by atoms with Gasteiger partial charge in [-0.3, -0.25) is 19.5 Å². The number of Topliss-reactive ketones (excluding diaryl/α,β-unsaturated/α-hetero) is 1. The molecule has 31 heavy (non-hydrogen) atoms. The number of anilines is 1. The highest BCUT2D eigenvalue weighted by Gasteiger charge is 2.47. The lowest BCUT2D eigenvalue weighted by Gasteiger charge is -2.24. The highest BCUT2D eigenvalue weighted by Crippen LogP contribution is 2.42. The SMILES string of the molecule is Cc1cccc(N2C(=O)C(=O)/C(=C(\O)c3ccc4c(c3)CCO4)C2c2ccccn2)c1. The fraction of sp³-hybridized carbons (Fsp3) is 0.160.